The molecule has 0 saturated heterocycles. The number of ether oxygens (including phenoxy) is 2. The number of carbonyl (C=O) groups is 2. The lowest BCUT2D eigenvalue weighted by atomic mass is 10.0. The molecule has 1 heterocycles. The number of halogens is 1. The van der Waals surface area contributed by atoms with E-state index in [1.54, 1.807) is 41.3 Å². The van der Waals surface area contributed by atoms with Gasteiger partial charge in [0.15, 0.2) is 0 Å². The van der Waals surface area contributed by atoms with Crippen molar-refractivity contribution in [2.75, 3.05) is 19.5 Å². The van der Waals surface area contributed by atoms with Gasteiger partial charge in [-0.05, 0) is 41.5 Å². The highest BCUT2D eigenvalue weighted by Crippen LogP contribution is 2.35. The van der Waals surface area contributed by atoms with Crippen LogP contribution >= 0.6 is 0 Å². The Bertz CT molecular complexity index is 1150. The van der Waals surface area contributed by atoms with E-state index in [0.717, 1.165) is 5.56 Å². The number of benzene rings is 3. The summed E-state index contributed by atoms with van der Waals surface area (Å²) in [6, 6.07) is 17.8. The van der Waals surface area contributed by atoms with E-state index in [1.807, 2.05) is 18.2 Å². The summed E-state index contributed by atoms with van der Waals surface area (Å²) in [4.78, 5) is 27.8. The zero-order valence-electron chi connectivity index (χ0n) is 17.8. The summed E-state index contributed by atoms with van der Waals surface area (Å²) < 4.78 is 24.1. The SMILES string of the molecule is COc1ccc(OC)c(NC(=O)CC(c2ccc(F)cc2)N2Cc3ccccc3C2=O)c1. The third kappa shape index (κ3) is 4.27. The summed E-state index contributed by atoms with van der Waals surface area (Å²) >= 11 is 0. The second-order valence-corrected chi connectivity index (χ2v) is 7.48. The minimum atomic E-state index is -0.563. The molecule has 3 aromatic rings. The van der Waals surface area contributed by atoms with Crippen molar-refractivity contribution < 1.29 is 23.5 Å². The minimum absolute atomic E-state index is 0.00821. The lowest BCUT2D eigenvalue weighted by molar-refractivity contribution is -0.117. The molecule has 1 aliphatic heterocycles. The first-order valence-corrected chi connectivity index (χ1v) is 10.2. The number of nitrogens with one attached hydrogen (secondary N) is 1. The van der Waals surface area contributed by atoms with Crippen LogP contribution in [0, 0.1) is 5.82 Å². The number of nitrogens with zero attached hydrogens (tertiary/aromatic N) is 1. The molecule has 1 atom stereocenters. The van der Waals surface area contributed by atoms with E-state index in [1.165, 1.54) is 26.4 Å². The number of amides is 2. The molecule has 1 N–H and O–H groups in total. The maximum Gasteiger partial charge on any atom is 0.255 e. The van der Waals surface area contributed by atoms with Crippen molar-refractivity contribution in [2.45, 2.75) is 19.0 Å². The zero-order chi connectivity index (χ0) is 22.7. The van der Waals surface area contributed by atoms with Gasteiger partial charge in [0.05, 0.1) is 32.4 Å². The molecule has 3 aromatic carbocycles. The molecule has 0 radical (unpaired) electrons. The summed E-state index contributed by atoms with van der Waals surface area (Å²) in [6.07, 6.45) is -0.00821. The van der Waals surface area contributed by atoms with E-state index in [4.69, 9.17) is 9.47 Å². The molecule has 4 rings (SSSR count). The first-order valence-electron chi connectivity index (χ1n) is 10.2. The molecule has 0 bridgehead atoms. The Labute approximate surface area is 185 Å². The topological polar surface area (TPSA) is 67.9 Å². The van der Waals surface area contributed by atoms with E-state index in [-0.39, 0.29) is 24.1 Å². The first kappa shape index (κ1) is 21.4. The van der Waals surface area contributed by atoms with Crippen molar-refractivity contribution in [2.24, 2.45) is 0 Å². The van der Waals surface area contributed by atoms with Crippen molar-refractivity contribution in [3.8, 4) is 11.5 Å². The number of anilines is 1. The molecule has 6 nitrogen and oxygen atoms in total. The predicted octanol–water partition coefficient (Wildman–Crippen LogP) is 4.57. The van der Waals surface area contributed by atoms with Gasteiger partial charge in [0, 0.05) is 18.2 Å². The largest absolute Gasteiger partial charge is 0.497 e. The summed E-state index contributed by atoms with van der Waals surface area (Å²) in [5.74, 6) is 0.217. The van der Waals surface area contributed by atoms with Crippen molar-refractivity contribution in [3.63, 3.8) is 0 Å². The third-order valence-electron chi connectivity index (χ3n) is 5.54. The summed E-state index contributed by atoms with van der Waals surface area (Å²) in [5.41, 5.74) is 2.67. The molecule has 2 amide bonds. The molecule has 32 heavy (non-hydrogen) atoms. The first-order chi connectivity index (χ1) is 15.5. The fraction of sp³-hybridized carbons (Fsp3) is 0.200. The van der Waals surface area contributed by atoms with Crippen molar-refractivity contribution >= 4 is 17.5 Å². The minimum Gasteiger partial charge on any atom is -0.497 e. The van der Waals surface area contributed by atoms with Gasteiger partial charge in [-0.25, -0.2) is 4.39 Å². The van der Waals surface area contributed by atoms with Gasteiger partial charge in [-0.2, -0.15) is 0 Å². The van der Waals surface area contributed by atoms with E-state index in [9.17, 15) is 14.0 Å². The quantitative estimate of drug-likeness (QED) is 0.592. The number of carbonyl (C=O) groups excluding carboxylic acids is 2. The van der Waals surface area contributed by atoms with Crippen molar-refractivity contribution in [1.82, 2.24) is 4.90 Å². The van der Waals surface area contributed by atoms with Crippen LogP contribution in [-0.2, 0) is 11.3 Å². The van der Waals surface area contributed by atoms with E-state index in [2.05, 4.69) is 5.32 Å². The predicted molar refractivity (Wildman–Crippen MR) is 118 cm³/mol. The van der Waals surface area contributed by atoms with Crippen LogP contribution in [0.3, 0.4) is 0 Å². The molecule has 1 unspecified atom stereocenters. The Morgan fingerprint density at radius 2 is 1.81 bits per heavy atom. The monoisotopic (exact) mass is 434 g/mol. The number of fused-ring (bicyclic) bond motifs is 1. The number of hydrogen-bond donors (Lipinski definition) is 1. The molecular formula is C25H23FN2O4. The molecular weight excluding hydrogens is 411 g/mol. The van der Waals surface area contributed by atoms with Crippen LogP contribution in [0.25, 0.3) is 0 Å². The van der Waals surface area contributed by atoms with E-state index < -0.39 is 6.04 Å². The van der Waals surface area contributed by atoms with Gasteiger partial charge in [0.1, 0.15) is 17.3 Å². The second kappa shape index (κ2) is 9.09. The van der Waals surface area contributed by atoms with Gasteiger partial charge in [-0.1, -0.05) is 30.3 Å². The fourth-order valence-electron chi connectivity index (χ4n) is 3.91. The highest BCUT2D eigenvalue weighted by atomic mass is 19.1. The van der Waals surface area contributed by atoms with Crippen molar-refractivity contribution in [1.29, 1.82) is 0 Å². The van der Waals surface area contributed by atoms with Crippen LogP contribution < -0.4 is 14.8 Å². The standard InChI is InChI=1S/C25H23FN2O4/c1-31-19-11-12-23(32-2)21(13-19)27-24(29)14-22(16-7-9-18(26)10-8-16)28-15-17-5-3-4-6-20(17)25(28)30/h3-13,22H,14-15H2,1-2H3,(H,27,29). The van der Waals surface area contributed by atoms with Crippen LogP contribution in [0.5, 0.6) is 11.5 Å². The lowest BCUT2D eigenvalue weighted by Gasteiger charge is -2.28. The Hall–Kier alpha value is -3.87. The Morgan fingerprint density at radius 1 is 1.06 bits per heavy atom. The fourth-order valence-corrected chi connectivity index (χ4v) is 3.91. The maximum atomic E-state index is 13.5. The third-order valence-corrected chi connectivity index (χ3v) is 5.54. The second-order valence-electron chi connectivity index (χ2n) is 7.48. The Morgan fingerprint density at radius 3 is 2.50 bits per heavy atom. The molecule has 1 aliphatic rings. The number of rotatable bonds is 7. The van der Waals surface area contributed by atoms with Crippen molar-refractivity contribution in [3.05, 3.63) is 89.2 Å². The lowest BCUT2D eigenvalue weighted by Crippen LogP contribution is -2.32. The number of methoxy groups -OCH3 is 2. The highest BCUT2D eigenvalue weighted by molar-refractivity contribution is 5.99. The Balaban J connectivity index is 1.61. The average Bonchev–Trinajstić information content (AvgIpc) is 3.14. The smallest absolute Gasteiger partial charge is 0.255 e. The molecule has 164 valence electrons. The average molecular weight is 434 g/mol. The summed E-state index contributed by atoms with van der Waals surface area (Å²) in [7, 11) is 3.05. The van der Waals surface area contributed by atoms with Gasteiger partial charge in [0.25, 0.3) is 5.91 Å². The number of hydrogen-bond acceptors (Lipinski definition) is 4. The van der Waals surface area contributed by atoms with Gasteiger partial charge < -0.3 is 19.7 Å². The van der Waals surface area contributed by atoms with Crippen LogP contribution in [-0.4, -0.2) is 30.9 Å². The van der Waals surface area contributed by atoms with Crippen LogP contribution in [0.15, 0.2) is 66.7 Å². The molecule has 7 heteroatoms. The van der Waals surface area contributed by atoms with Crippen LogP contribution in [0.4, 0.5) is 10.1 Å². The normalized spacial score (nSPS) is 13.5. The zero-order valence-corrected chi connectivity index (χ0v) is 17.8. The highest BCUT2D eigenvalue weighted by Gasteiger charge is 2.34. The van der Waals surface area contributed by atoms with E-state index in [0.29, 0.717) is 34.9 Å². The van der Waals surface area contributed by atoms with Gasteiger partial charge in [-0.15, -0.1) is 0 Å². The van der Waals surface area contributed by atoms with Gasteiger partial charge >= 0.3 is 0 Å². The summed E-state index contributed by atoms with van der Waals surface area (Å²) in [6.45, 7) is 0.382. The molecule has 0 spiro atoms. The van der Waals surface area contributed by atoms with Crippen LogP contribution in [0.1, 0.15) is 33.9 Å². The molecule has 0 fully saturated rings. The summed E-state index contributed by atoms with van der Waals surface area (Å²) in [5, 5.41) is 2.85. The van der Waals surface area contributed by atoms with Gasteiger partial charge in [0.2, 0.25) is 5.91 Å². The maximum absolute atomic E-state index is 13.5. The molecule has 0 aliphatic carbocycles. The Kier molecular flexibility index (Phi) is 6.07. The van der Waals surface area contributed by atoms with E-state index >= 15 is 0 Å². The van der Waals surface area contributed by atoms with Gasteiger partial charge in [-0.3, -0.25) is 9.59 Å². The molecule has 0 saturated carbocycles. The van der Waals surface area contributed by atoms with Crippen LogP contribution in [0.2, 0.25) is 0 Å². The molecule has 0 aromatic heterocycles.